The first-order valence-electron chi connectivity index (χ1n) is 3.57. The van der Waals surface area contributed by atoms with Gasteiger partial charge >= 0.3 is 0 Å². The summed E-state index contributed by atoms with van der Waals surface area (Å²) in [5.74, 6) is 0. The van der Waals surface area contributed by atoms with Crippen LogP contribution in [-0.2, 0) is 0 Å². The molecular formula is C7H12Br2. The van der Waals surface area contributed by atoms with E-state index in [4.69, 9.17) is 0 Å². The smallest absolute Gasteiger partial charge is 0.0146 e. The van der Waals surface area contributed by atoms with Crippen LogP contribution in [0.2, 0.25) is 0 Å². The molecule has 2 unspecified atom stereocenters. The molecule has 0 aromatic carbocycles. The van der Waals surface area contributed by atoms with E-state index >= 15 is 0 Å². The number of halogens is 2. The van der Waals surface area contributed by atoms with Gasteiger partial charge in [0.15, 0.2) is 0 Å². The van der Waals surface area contributed by atoms with Crippen molar-refractivity contribution in [1.82, 2.24) is 0 Å². The van der Waals surface area contributed by atoms with E-state index in [0.29, 0.717) is 0 Å². The van der Waals surface area contributed by atoms with Gasteiger partial charge in [-0.2, -0.15) is 0 Å². The summed E-state index contributed by atoms with van der Waals surface area (Å²) < 4.78 is 0. The Bertz CT molecular complexity index is 73.0. The molecule has 54 valence electrons. The fraction of sp³-hybridized carbons (Fsp3) is 1.00. The van der Waals surface area contributed by atoms with E-state index in [-0.39, 0.29) is 0 Å². The summed E-state index contributed by atoms with van der Waals surface area (Å²) in [6.45, 7) is 0. The molecule has 0 saturated heterocycles. The maximum atomic E-state index is 3.64. The summed E-state index contributed by atoms with van der Waals surface area (Å²) in [4.78, 5) is 1.58. The van der Waals surface area contributed by atoms with Gasteiger partial charge < -0.3 is 0 Å². The average molecular weight is 256 g/mol. The molecule has 0 nitrogen and oxygen atoms in total. The summed E-state index contributed by atoms with van der Waals surface area (Å²) in [6.07, 6.45) is 6.79. The highest BCUT2D eigenvalue weighted by molar-refractivity contribution is 9.09. The van der Waals surface area contributed by atoms with Crippen LogP contribution >= 0.6 is 31.9 Å². The number of alkyl halides is 2. The third-order valence-electron chi connectivity index (χ3n) is 1.83. The highest BCUT2D eigenvalue weighted by atomic mass is 79.9. The fourth-order valence-corrected chi connectivity index (χ4v) is 2.39. The molecule has 1 rings (SSSR count). The molecule has 1 fully saturated rings. The summed E-state index contributed by atoms with van der Waals surface area (Å²) in [5, 5.41) is 0. The molecule has 0 radical (unpaired) electrons. The second-order valence-corrected chi connectivity index (χ2v) is 5.29. The lowest BCUT2D eigenvalue weighted by molar-refractivity contribution is 0.724. The van der Waals surface area contributed by atoms with E-state index in [9.17, 15) is 0 Å². The van der Waals surface area contributed by atoms with Crippen molar-refractivity contribution in [3.63, 3.8) is 0 Å². The van der Waals surface area contributed by atoms with Crippen LogP contribution in [0.3, 0.4) is 0 Å². The standard InChI is InChI=1S/C7H12Br2/c8-6-2-1-3-7(9)5-4-6/h6-7H,1-5H2. The highest BCUT2D eigenvalue weighted by Crippen LogP contribution is 2.26. The zero-order chi connectivity index (χ0) is 6.69. The quantitative estimate of drug-likeness (QED) is 0.459. The van der Waals surface area contributed by atoms with Gasteiger partial charge in [-0.3, -0.25) is 0 Å². The molecule has 0 bridgehead atoms. The molecule has 0 aromatic rings. The third-order valence-corrected chi connectivity index (χ3v) is 3.66. The monoisotopic (exact) mass is 254 g/mol. The van der Waals surface area contributed by atoms with Crippen LogP contribution in [0.4, 0.5) is 0 Å². The molecule has 9 heavy (non-hydrogen) atoms. The molecular weight excluding hydrogens is 244 g/mol. The first-order chi connectivity index (χ1) is 4.29. The number of hydrogen-bond donors (Lipinski definition) is 0. The number of rotatable bonds is 0. The first-order valence-corrected chi connectivity index (χ1v) is 5.40. The van der Waals surface area contributed by atoms with Crippen LogP contribution in [0.25, 0.3) is 0 Å². The molecule has 1 saturated carbocycles. The Balaban J connectivity index is 2.25. The van der Waals surface area contributed by atoms with Gasteiger partial charge in [-0.1, -0.05) is 38.3 Å². The molecule has 0 heterocycles. The van der Waals surface area contributed by atoms with Crippen LogP contribution in [0.1, 0.15) is 32.1 Å². The Morgan fingerprint density at radius 3 is 1.67 bits per heavy atom. The van der Waals surface area contributed by atoms with Crippen LogP contribution in [-0.4, -0.2) is 9.65 Å². The lowest BCUT2D eigenvalue weighted by atomic mass is 10.2. The Hall–Kier alpha value is 0.960. The third kappa shape index (κ3) is 3.03. The lowest BCUT2D eigenvalue weighted by Gasteiger charge is -2.02. The van der Waals surface area contributed by atoms with E-state index in [2.05, 4.69) is 31.9 Å². The van der Waals surface area contributed by atoms with Gasteiger partial charge in [0.25, 0.3) is 0 Å². The lowest BCUT2D eigenvalue weighted by Crippen LogP contribution is -1.95. The molecule has 1 aliphatic rings. The minimum Gasteiger partial charge on any atom is -0.0891 e. The van der Waals surface area contributed by atoms with Crippen molar-refractivity contribution in [3.8, 4) is 0 Å². The molecule has 1 aliphatic carbocycles. The fourth-order valence-electron chi connectivity index (χ4n) is 1.21. The first kappa shape index (κ1) is 8.06. The van der Waals surface area contributed by atoms with Crippen LogP contribution < -0.4 is 0 Å². The zero-order valence-corrected chi connectivity index (χ0v) is 8.62. The van der Waals surface area contributed by atoms with Crippen molar-refractivity contribution in [3.05, 3.63) is 0 Å². The molecule has 0 spiro atoms. The van der Waals surface area contributed by atoms with Crippen molar-refractivity contribution in [1.29, 1.82) is 0 Å². The van der Waals surface area contributed by atoms with Crippen LogP contribution in [0.15, 0.2) is 0 Å². The second-order valence-electron chi connectivity index (χ2n) is 2.70. The second kappa shape index (κ2) is 3.97. The SMILES string of the molecule is BrC1CCCC(Br)CC1. The van der Waals surface area contributed by atoms with E-state index in [1.807, 2.05) is 0 Å². The summed E-state index contributed by atoms with van der Waals surface area (Å²) in [7, 11) is 0. The van der Waals surface area contributed by atoms with Gasteiger partial charge in [-0.15, -0.1) is 0 Å². The maximum absolute atomic E-state index is 3.64. The van der Waals surface area contributed by atoms with Crippen LogP contribution in [0.5, 0.6) is 0 Å². The number of hydrogen-bond acceptors (Lipinski definition) is 0. The molecule has 0 amide bonds. The van der Waals surface area contributed by atoms with Crippen molar-refractivity contribution in [2.75, 3.05) is 0 Å². The van der Waals surface area contributed by atoms with Crippen molar-refractivity contribution < 1.29 is 0 Å². The summed E-state index contributed by atoms with van der Waals surface area (Å²) >= 11 is 7.29. The minimum atomic E-state index is 0.792. The molecule has 2 heteroatoms. The van der Waals surface area contributed by atoms with E-state index < -0.39 is 0 Å². The molecule has 2 atom stereocenters. The topological polar surface area (TPSA) is 0 Å². The van der Waals surface area contributed by atoms with Crippen LogP contribution in [0, 0.1) is 0 Å². The van der Waals surface area contributed by atoms with Gasteiger partial charge in [0, 0.05) is 9.65 Å². The average Bonchev–Trinajstić information content (AvgIpc) is 1.97. The predicted molar refractivity (Wildman–Crippen MR) is 48.5 cm³/mol. The largest absolute Gasteiger partial charge is 0.0891 e. The van der Waals surface area contributed by atoms with E-state index in [1.165, 1.54) is 32.1 Å². The minimum absolute atomic E-state index is 0.792. The zero-order valence-electron chi connectivity index (χ0n) is 5.45. The van der Waals surface area contributed by atoms with Gasteiger partial charge in [-0.05, 0) is 25.7 Å². The molecule has 0 aromatic heterocycles. The van der Waals surface area contributed by atoms with Gasteiger partial charge in [0.05, 0.1) is 0 Å². The van der Waals surface area contributed by atoms with E-state index in [1.54, 1.807) is 0 Å². The normalized spacial score (nSPS) is 38.0. The Morgan fingerprint density at radius 1 is 0.778 bits per heavy atom. The van der Waals surface area contributed by atoms with Crippen molar-refractivity contribution >= 4 is 31.9 Å². The predicted octanol–water partition coefficient (Wildman–Crippen LogP) is 3.48. The Kier molecular flexibility index (Phi) is 3.55. The molecule has 0 aliphatic heterocycles. The van der Waals surface area contributed by atoms with Gasteiger partial charge in [-0.25, -0.2) is 0 Å². The maximum Gasteiger partial charge on any atom is 0.0146 e. The van der Waals surface area contributed by atoms with Crippen molar-refractivity contribution in [2.45, 2.75) is 41.8 Å². The van der Waals surface area contributed by atoms with Gasteiger partial charge in [0.2, 0.25) is 0 Å². The summed E-state index contributed by atoms with van der Waals surface area (Å²) in [5.41, 5.74) is 0. The Morgan fingerprint density at radius 2 is 1.22 bits per heavy atom. The Labute approximate surface area is 73.7 Å². The van der Waals surface area contributed by atoms with E-state index in [0.717, 1.165) is 9.65 Å². The highest BCUT2D eigenvalue weighted by Gasteiger charge is 2.13. The van der Waals surface area contributed by atoms with Crippen molar-refractivity contribution in [2.24, 2.45) is 0 Å². The molecule has 0 N–H and O–H groups in total. The van der Waals surface area contributed by atoms with Gasteiger partial charge in [0.1, 0.15) is 0 Å². The summed E-state index contributed by atoms with van der Waals surface area (Å²) in [6, 6.07) is 0.